The molecular formula is C24H25F2N5O2. The lowest BCUT2D eigenvalue weighted by molar-refractivity contribution is -0.104. The zero-order chi connectivity index (χ0) is 24.4. The minimum absolute atomic E-state index is 0.189. The van der Waals surface area contributed by atoms with Gasteiger partial charge in [-0.3, -0.25) is 9.59 Å². The third-order valence-electron chi connectivity index (χ3n) is 4.44. The third-order valence-corrected chi connectivity index (χ3v) is 4.44. The van der Waals surface area contributed by atoms with Crippen molar-refractivity contribution in [2.24, 2.45) is 5.73 Å². The van der Waals surface area contributed by atoms with E-state index in [-0.39, 0.29) is 5.56 Å². The number of hydrogen-bond acceptors (Lipinski definition) is 6. The second kappa shape index (κ2) is 11.9. The molecule has 1 aromatic heterocycles. The Kier molecular flexibility index (Phi) is 9.05. The van der Waals surface area contributed by atoms with E-state index in [1.165, 1.54) is 12.1 Å². The van der Waals surface area contributed by atoms with Crippen LogP contribution in [0, 0.1) is 11.6 Å². The van der Waals surface area contributed by atoms with E-state index in [0.29, 0.717) is 23.7 Å². The molecule has 3 rings (SSSR count). The van der Waals surface area contributed by atoms with E-state index in [0.717, 1.165) is 29.7 Å². The lowest BCUT2D eigenvalue weighted by atomic mass is 10.1. The van der Waals surface area contributed by atoms with E-state index in [1.807, 2.05) is 38.2 Å². The number of carbonyl (C=O) groups is 2. The molecule has 0 bridgehead atoms. The van der Waals surface area contributed by atoms with Crippen LogP contribution >= 0.6 is 0 Å². The molecule has 33 heavy (non-hydrogen) atoms. The molecule has 0 fully saturated rings. The second-order valence-electron chi connectivity index (χ2n) is 6.68. The molecule has 0 saturated heterocycles. The van der Waals surface area contributed by atoms with Crippen molar-refractivity contribution < 1.29 is 18.4 Å². The highest BCUT2D eigenvalue weighted by atomic mass is 19.1. The number of allylic oxidation sites excluding steroid dienone is 1. The maximum absolute atomic E-state index is 13.8. The number of aldehydes is 1. The molecule has 0 unspecified atom stereocenters. The summed E-state index contributed by atoms with van der Waals surface area (Å²) in [7, 11) is 1.85. The Balaban J connectivity index is 0.000000273. The van der Waals surface area contributed by atoms with Gasteiger partial charge in [0, 0.05) is 24.8 Å². The number of amides is 1. The van der Waals surface area contributed by atoms with Crippen molar-refractivity contribution >= 4 is 35.5 Å². The number of nitrogen functional groups attached to an aromatic ring is 1. The van der Waals surface area contributed by atoms with Gasteiger partial charge in [-0.2, -0.15) is 0 Å². The number of nitrogens with one attached hydrogen (secondary N) is 2. The predicted octanol–water partition coefficient (Wildman–Crippen LogP) is 4.08. The summed E-state index contributed by atoms with van der Waals surface area (Å²) in [5.74, 6) is -2.79. The van der Waals surface area contributed by atoms with Gasteiger partial charge in [-0.05, 0) is 55.0 Å². The van der Waals surface area contributed by atoms with Crippen molar-refractivity contribution in [2.45, 2.75) is 6.92 Å². The van der Waals surface area contributed by atoms with E-state index in [2.05, 4.69) is 15.6 Å². The van der Waals surface area contributed by atoms with Gasteiger partial charge in [-0.1, -0.05) is 18.2 Å². The predicted molar refractivity (Wildman–Crippen MR) is 128 cm³/mol. The Hall–Kier alpha value is -4.27. The molecule has 2 aromatic carbocycles. The number of rotatable bonds is 7. The van der Waals surface area contributed by atoms with Gasteiger partial charge >= 0.3 is 0 Å². The zero-order valence-electron chi connectivity index (χ0n) is 18.2. The van der Waals surface area contributed by atoms with E-state index in [9.17, 15) is 18.4 Å². The Labute approximate surface area is 190 Å². The second-order valence-corrected chi connectivity index (χ2v) is 6.68. The van der Waals surface area contributed by atoms with Gasteiger partial charge in [-0.25, -0.2) is 13.8 Å². The number of para-hydroxylation sites is 1. The fourth-order valence-corrected chi connectivity index (χ4v) is 2.91. The van der Waals surface area contributed by atoms with Crippen LogP contribution in [0.3, 0.4) is 0 Å². The third kappa shape index (κ3) is 6.60. The maximum atomic E-state index is 13.8. The van der Waals surface area contributed by atoms with E-state index in [1.54, 1.807) is 12.1 Å². The number of halogens is 2. The van der Waals surface area contributed by atoms with Crippen molar-refractivity contribution in [1.29, 1.82) is 0 Å². The molecule has 1 heterocycles. The fraction of sp³-hybridized carbons (Fsp3) is 0.125. The van der Waals surface area contributed by atoms with Crippen LogP contribution in [0.5, 0.6) is 0 Å². The van der Waals surface area contributed by atoms with Crippen LogP contribution in [0.1, 0.15) is 22.8 Å². The average Bonchev–Trinajstić information content (AvgIpc) is 2.79. The Bertz CT molecular complexity index is 1140. The SMILES string of the molecule is CCNc1nc(-c2cc(F)c(C(N)=O)c(F)c2)ccc1N.CNc1ccccc1/C=C\C=O. The molecule has 3 aromatic rings. The van der Waals surface area contributed by atoms with E-state index in [4.69, 9.17) is 11.5 Å². The first-order valence-corrected chi connectivity index (χ1v) is 10.0. The van der Waals surface area contributed by atoms with Crippen LogP contribution in [0.4, 0.5) is 26.0 Å². The summed E-state index contributed by atoms with van der Waals surface area (Å²) < 4.78 is 27.5. The molecule has 1 amide bonds. The molecule has 9 heteroatoms. The Morgan fingerprint density at radius 3 is 2.36 bits per heavy atom. The van der Waals surface area contributed by atoms with Crippen molar-refractivity contribution in [2.75, 3.05) is 30.0 Å². The van der Waals surface area contributed by atoms with Gasteiger partial charge in [0.05, 0.1) is 11.4 Å². The first-order chi connectivity index (χ1) is 15.8. The highest BCUT2D eigenvalue weighted by Crippen LogP contribution is 2.26. The number of benzene rings is 2. The number of carbonyl (C=O) groups excluding carboxylic acids is 2. The molecule has 7 nitrogen and oxygen atoms in total. The van der Waals surface area contributed by atoms with Crippen LogP contribution in [-0.4, -0.2) is 30.8 Å². The number of primary amides is 1. The zero-order valence-corrected chi connectivity index (χ0v) is 18.2. The Morgan fingerprint density at radius 2 is 1.79 bits per heavy atom. The van der Waals surface area contributed by atoms with Gasteiger partial charge in [0.2, 0.25) is 0 Å². The van der Waals surface area contributed by atoms with E-state index >= 15 is 0 Å². The molecule has 0 atom stereocenters. The number of nitrogens with two attached hydrogens (primary N) is 2. The maximum Gasteiger partial charge on any atom is 0.254 e. The lowest BCUT2D eigenvalue weighted by Crippen LogP contribution is -2.15. The van der Waals surface area contributed by atoms with Crippen molar-refractivity contribution in [3.8, 4) is 11.3 Å². The number of aromatic nitrogens is 1. The van der Waals surface area contributed by atoms with Crippen molar-refractivity contribution in [1.82, 2.24) is 4.98 Å². The summed E-state index contributed by atoms with van der Waals surface area (Å²) in [5, 5.41) is 5.98. The van der Waals surface area contributed by atoms with Crippen LogP contribution in [0.15, 0.2) is 54.6 Å². The minimum Gasteiger partial charge on any atom is -0.396 e. The summed E-state index contributed by atoms with van der Waals surface area (Å²) in [6.07, 6.45) is 4.03. The van der Waals surface area contributed by atoms with Crippen LogP contribution in [0.2, 0.25) is 0 Å². The largest absolute Gasteiger partial charge is 0.396 e. The van der Waals surface area contributed by atoms with Gasteiger partial charge in [0.25, 0.3) is 5.91 Å². The van der Waals surface area contributed by atoms with Crippen LogP contribution in [-0.2, 0) is 4.79 Å². The van der Waals surface area contributed by atoms with Gasteiger partial charge in [0.1, 0.15) is 29.3 Å². The van der Waals surface area contributed by atoms with Crippen LogP contribution < -0.4 is 22.1 Å². The topological polar surface area (TPSA) is 123 Å². The van der Waals surface area contributed by atoms with Crippen molar-refractivity contribution in [3.63, 3.8) is 0 Å². The quantitative estimate of drug-likeness (QED) is 0.316. The lowest BCUT2D eigenvalue weighted by Gasteiger charge is -2.10. The normalized spacial score (nSPS) is 10.3. The Morgan fingerprint density at radius 1 is 1.12 bits per heavy atom. The number of hydrogen-bond donors (Lipinski definition) is 4. The first kappa shape index (κ1) is 25.0. The summed E-state index contributed by atoms with van der Waals surface area (Å²) in [5.41, 5.74) is 12.9. The average molecular weight is 453 g/mol. The monoisotopic (exact) mass is 453 g/mol. The molecule has 6 N–H and O–H groups in total. The molecule has 0 radical (unpaired) electrons. The molecule has 0 spiro atoms. The molecule has 0 aliphatic carbocycles. The van der Waals surface area contributed by atoms with Crippen molar-refractivity contribution in [3.05, 3.63) is 77.4 Å². The summed E-state index contributed by atoms with van der Waals surface area (Å²) in [6, 6.07) is 12.9. The number of nitrogens with zero attached hydrogens (tertiary/aromatic N) is 1. The number of pyridine rings is 1. The van der Waals surface area contributed by atoms with Gasteiger partial charge in [-0.15, -0.1) is 0 Å². The van der Waals surface area contributed by atoms with Gasteiger partial charge < -0.3 is 22.1 Å². The molecule has 0 aliphatic heterocycles. The van der Waals surface area contributed by atoms with Crippen LogP contribution in [0.25, 0.3) is 17.3 Å². The highest BCUT2D eigenvalue weighted by Gasteiger charge is 2.17. The number of anilines is 3. The first-order valence-electron chi connectivity index (χ1n) is 10.0. The fourth-order valence-electron chi connectivity index (χ4n) is 2.91. The molecule has 0 saturated carbocycles. The van der Waals surface area contributed by atoms with E-state index < -0.39 is 23.1 Å². The summed E-state index contributed by atoms with van der Waals surface area (Å²) >= 11 is 0. The summed E-state index contributed by atoms with van der Waals surface area (Å²) in [4.78, 5) is 25.2. The smallest absolute Gasteiger partial charge is 0.254 e. The highest BCUT2D eigenvalue weighted by molar-refractivity contribution is 5.94. The summed E-state index contributed by atoms with van der Waals surface area (Å²) in [6.45, 7) is 2.47. The molecular weight excluding hydrogens is 428 g/mol. The standard InChI is InChI=1S/C14H14F2N4O.C10H11NO/c1-2-19-14-10(17)3-4-11(20-14)7-5-8(15)12(13(18)21)9(16)6-7;1-11-10-7-3-2-5-9(10)6-4-8-12/h3-6H,2,17H2,1H3,(H2,18,21)(H,19,20);2-8,11H,1H3/b;6-4-. The molecule has 0 aliphatic rings. The minimum atomic E-state index is -1.16. The molecule has 172 valence electrons. The van der Waals surface area contributed by atoms with Gasteiger partial charge in [0.15, 0.2) is 0 Å².